The Morgan fingerprint density at radius 2 is 2.33 bits per heavy atom. The van der Waals surface area contributed by atoms with Gasteiger partial charge in [-0.3, -0.25) is 4.90 Å². The Morgan fingerprint density at radius 3 is 3.00 bits per heavy atom. The van der Waals surface area contributed by atoms with Gasteiger partial charge in [0, 0.05) is 30.2 Å². The van der Waals surface area contributed by atoms with Gasteiger partial charge in [-0.25, -0.2) is 9.67 Å². The van der Waals surface area contributed by atoms with Gasteiger partial charge in [0.15, 0.2) is 0 Å². The van der Waals surface area contributed by atoms with Gasteiger partial charge in [0.2, 0.25) is 0 Å². The second-order valence-corrected chi connectivity index (χ2v) is 6.56. The number of hydrogen-bond acceptors (Lipinski definition) is 6. The summed E-state index contributed by atoms with van der Waals surface area (Å²) in [6, 6.07) is 0.565. The molecule has 114 valence electrons. The van der Waals surface area contributed by atoms with Crippen LogP contribution in [-0.4, -0.2) is 44.6 Å². The van der Waals surface area contributed by atoms with Crippen LogP contribution in [0.1, 0.15) is 42.3 Å². The van der Waals surface area contributed by atoms with Gasteiger partial charge in [0.25, 0.3) is 0 Å². The van der Waals surface area contributed by atoms with Gasteiger partial charge < -0.3 is 4.74 Å². The molecule has 21 heavy (non-hydrogen) atoms. The third-order valence-electron chi connectivity index (χ3n) is 3.61. The first-order valence-corrected chi connectivity index (χ1v) is 8.16. The molecule has 0 saturated carbocycles. The van der Waals surface area contributed by atoms with E-state index in [-0.39, 0.29) is 6.04 Å². The van der Waals surface area contributed by atoms with Crippen LogP contribution in [-0.2, 0) is 11.3 Å². The highest BCUT2D eigenvalue weighted by atomic mass is 32.1. The molecular weight excluding hydrogens is 286 g/mol. The van der Waals surface area contributed by atoms with Crippen LogP contribution in [0.5, 0.6) is 0 Å². The summed E-state index contributed by atoms with van der Waals surface area (Å²) in [6.07, 6.45) is 2.03. The van der Waals surface area contributed by atoms with Crippen molar-refractivity contribution in [3.05, 3.63) is 28.0 Å². The minimum absolute atomic E-state index is 0.224. The van der Waals surface area contributed by atoms with E-state index in [1.807, 2.05) is 17.8 Å². The number of ether oxygens (including phenoxy) is 1. The fourth-order valence-corrected chi connectivity index (χ4v) is 3.34. The predicted molar refractivity (Wildman–Crippen MR) is 81.2 cm³/mol. The molecule has 2 aromatic rings. The molecule has 1 atom stereocenters. The van der Waals surface area contributed by atoms with Gasteiger partial charge >= 0.3 is 0 Å². The summed E-state index contributed by atoms with van der Waals surface area (Å²) in [5.74, 6) is 0. The number of nitrogens with zero attached hydrogens (tertiary/aromatic N) is 5. The van der Waals surface area contributed by atoms with Gasteiger partial charge in [-0.1, -0.05) is 5.21 Å². The summed E-state index contributed by atoms with van der Waals surface area (Å²) in [4.78, 5) is 7.00. The van der Waals surface area contributed by atoms with E-state index < -0.39 is 0 Å². The average Bonchev–Trinajstić information content (AvgIpc) is 3.09. The fourth-order valence-electron chi connectivity index (χ4n) is 2.43. The molecule has 2 aromatic heterocycles. The molecule has 3 heterocycles. The van der Waals surface area contributed by atoms with Crippen molar-refractivity contribution >= 4 is 11.3 Å². The highest BCUT2D eigenvalue weighted by Crippen LogP contribution is 2.28. The molecule has 0 amide bonds. The number of morpholine rings is 1. The van der Waals surface area contributed by atoms with Gasteiger partial charge in [0.1, 0.15) is 5.01 Å². The van der Waals surface area contributed by atoms with Crippen LogP contribution in [0, 0.1) is 6.92 Å². The lowest BCUT2D eigenvalue weighted by atomic mass is 10.2. The van der Waals surface area contributed by atoms with Crippen molar-refractivity contribution in [2.24, 2.45) is 0 Å². The number of rotatable bonds is 4. The van der Waals surface area contributed by atoms with Crippen molar-refractivity contribution in [3.63, 3.8) is 0 Å². The van der Waals surface area contributed by atoms with Gasteiger partial charge in [0.05, 0.1) is 31.1 Å². The molecule has 0 N–H and O–H groups in total. The SMILES string of the molecule is Cc1csc(C2COCCN2Cc2cn(C(C)C)nn2)n1. The Morgan fingerprint density at radius 1 is 1.48 bits per heavy atom. The first-order chi connectivity index (χ1) is 10.1. The Kier molecular flexibility index (Phi) is 4.32. The largest absolute Gasteiger partial charge is 0.378 e. The van der Waals surface area contributed by atoms with E-state index in [1.54, 1.807) is 11.3 Å². The van der Waals surface area contributed by atoms with Crippen molar-refractivity contribution in [1.82, 2.24) is 24.9 Å². The third kappa shape index (κ3) is 3.30. The molecule has 0 spiro atoms. The molecular formula is C14H21N5OS. The van der Waals surface area contributed by atoms with Gasteiger partial charge in [-0.05, 0) is 20.8 Å². The molecule has 1 aliphatic heterocycles. The van der Waals surface area contributed by atoms with E-state index in [0.29, 0.717) is 12.6 Å². The summed E-state index contributed by atoms with van der Waals surface area (Å²) >= 11 is 1.71. The van der Waals surface area contributed by atoms with Crippen molar-refractivity contribution in [2.75, 3.05) is 19.8 Å². The van der Waals surface area contributed by atoms with E-state index in [1.165, 1.54) is 0 Å². The number of aromatic nitrogens is 4. The molecule has 1 fully saturated rings. The summed E-state index contributed by atoms with van der Waals surface area (Å²) in [5, 5.41) is 11.7. The van der Waals surface area contributed by atoms with Crippen LogP contribution in [0.4, 0.5) is 0 Å². The molecule has 3 rings (SSSR count). The normalized spacial score (nSPS) is 20.3. The zero-order chi connectivity index (χ0) is 14.8. The highest BCUT2D eigenvalue weighted by Gasteiger charge is 2.27. The van der Waals surface area contributed by atoms with E-state index >= 15 is 0 Å². The third-order valence-corrected chi connectivity index (χ3v) is 4.68. The van der Waals surface area contributed by atoms with Crippen LogP contribution >= 0.6 is 11.3 Å². The van der Waals surface area contributed by atoms with Crippen molar-refractivity contribution in [3.8, 4) is 0 Å². The van der Waals surface area contributed by atoms with E-state index in [9.17, 15) is 0 Å². The van der Waals surface area contributed by atoms with E-state index in [2.05, 4.69) is 39.4 Å². The predicted octanol–water partition coefficient (Wildman–Crippen LogP) is 2.20. The Balaban J connectivity index is 1.74. The molecule has 0 aromatic carbocycles. The zero-order valence-electron chi connectivity index (χ0n) is 12.7. The minimum atomic E-state index is 0.224. The molecule has 1 unspecified atom stereocenters. The first-order valence-electron chi connectivity index (χ1n) is 7.28. The van der Waals surface area contributed by atoms with Crippen molar-refractivity contribution < 1.29 is 4.74 Å². The van der Waals surface area contributed by atoms with Crippen LogP contribution in [0.2, 0.25) is 0 Å². The minimum Gasteiger partial charge on any atom is -0.378 e. The fraction of sp³-hybridized carbons (Fsp3) is 0.643. The Labute approximate surface area is 128 Å². The molecule has 7 heteroatoms. The molecule has 1 aliphatic rings. The van der Waals surface area contributed by atoms with Crippen LogP contribution in [0.15, 0.2) is 11.6 Å². The summed E-state index contributed by atoms with van der Waals surface area (Å²) < 4.78 is 7.54. The van der Waals surface area contributed by atoms with Gasteiger partial charge in [-0.15, -0.1) is 16.4 Å². The smallest absolute Gasteiger partial charge is 0.112 e. The number of aryl methyl sites for hydroxylation is 1. The summed E-state index contributed by atoms with van der Waals surface area (Å²) in [5.41, 5.74) is 2.08. The number of thiazole rings is 1. The maximum absolute atomic E-state index is 5.64. The maximum Gasteiger partial charge on any atom is 0.112 e. The lowest BCUT2D eigenvalue weighted by molar-refractivity contribution is -0.0133. The highest BCUT2D eigenvalue weighted by molar-refractivity contribution is 7.09. The lowest BCUT2D eigenvalue weighted by Gasteiger charge is -2.33. The first kappa shape index (κ1) is 14.6. The maximum atomic E-state index is 5.64. The second kappa shape index (κ2) is 6.21. The molecule has 1 saturated heterocycles. The summed E-state index contributed by atoms with van der Waals surface area (Å²) in [6.45, 7) is 9.40. The van der Waals surface area contributed by atoms with E-state index in [4.69, 9.17) is 4.74 Å². The molecule has 6 nitrogen and oxygen atoms in total. The van der Waals surface area contributed by atoms with Crippen molar-refractivity contribution in [1.29, 1.82) is 0 Å². The lowest BCUT2D eigenvalue weighted by Crippen LogP contribution is -2.39. The van der Waals surface area contributed by atoms with Crippen LogP contribution < -0.4 is 0 Å². The zero-order valence-corrected chi connectivity index (χ0v) is 13.5. The molecule has 0 radical (unpaired) electrons. The van der Waals surface area contributed by atoms with Crippen molar-refractivity contribution in [2.45, 2.75) is 39.4 Å². The van der Waals surface area contributed by atoms with Crippen LogP contribution in [0.25, 0.3) is 0 Å². The second-order valence-electron chi connectivity index (χ2n) is 5.67. The average molecular weight is 307 g/mol. The number of hydrogen-bond donors (Lipinski definition) is 0. The Hall–Kier alpha value is -1.31. The topological polar surface area (TPSA) is 56.1 Å². The van der Waals surface area contributed by atoms with E-state index in [0.717, 1.165) is 36.1 Å². The Bertz CT molecular complexity index is 594. The summed E-state index contributed by atoms with van der Waals surface area (Å²) in [7, 11) is 0. The quantitative estimate of drug-likeness (QED) is 0.866. The molecule has 0 aliphatic carbocycles. The van der Waals surface area contributed by atoms with Gasteiger partial charge in [-0.2, -0.15) is 0 Å². The van der Waals surface area contributed by atoms with Crippen LogP contribution in [0.3, 0.4) is 0 Å². The standard InChI is InChI=1S/C14H21N5OS/c1-10(2)19-7-12(16-17-19)6-18-4-5-20-8-13(18)14-15-11(3)9-21-14/h7,9-10,13H,4-6,8H2,1-3H3. The monoisotopic (exact) mass is 307 g/mol. The molecule has 0 bridgehead atoms.